The lowest BCUT2D eigenvalue weighted by molar-refractivity contribution is 0.288. The number of pyridine rings is 1. The molecule has 0 atom stereocenters. The van der Waals surface area contributed by atoms with Gasteiger partial charge in [0.05, 0.1) is 13.2 Å². The highest BCUT2D eigenvalue weighted by Gasteiger charge is 2.22. The van der Waals surface area contributed by atoms with Gasteiger partial charge in [-0.15, -0.1) is 0 Å². The Morgan fingerprint density at radius 1 is 1.32 bits per heavy atom. The van der Waals surface area contributed by atoms with Gasteiger partial charge < -0.3 is 15.8 Å². The molecule has 0 saturated heterocycles. The van der Waals surface area contributed by atoms with Crippen molar-refractivity contribution in [3.05, 3.63) is 53.7 Å². The molecule has 0 amide bonds. The third kappa shape index (κ3) is 5.48. The van der Waals surface area contributed by atoms with Crippen molar-refractivity contribution in [2.45, 2.75) is 39.2 Å². The number of guanidine groups is 1. The number of nitrogens with one attached hydrogen (secondary N) is 1. The molecule has 1 fully saturated rings. The molecule has 0 spiro atoms. The molecule has 5 nitrogen and oxygen atoms in total. The standard InChI is InChI=1S/C20H26N4O/c1-14(2)17-4-3-5-18(11-17)24-20(21)23-12-16-8-9-22-19(10-16)25-13-15-6-7-15/h3-5,8-11,14-15H,6-7,12-13H2,1-2H3,(H3,21,23,24). The molecule has 1 aliphatic rings. The average molecular weight is 338 g/mol. The number of aromatic nitrogens is 1. The summed E-state index contributed by atoms with van der Waals surface area (Å²) in [5.74, 6) is 2.25. The Morgan fingerprint density at radius 2 is 2.16 bits per heavy atom. The maximum Gasteiger partial charge on any atom is 0.213 e. The molecule has 2 aromatic rings. The summed E-state index contributed by atoms with van der Waals surface area (Å²) in [6.45, 7) is 5.59. The second-order valence-corrected chi connectivity index (χ2v) is 6.86. The summed E-state index contributed by atoms with van der Waals surface area (Å²) in [6, 6.07) is 12.1. The van der Waals surface area contributed by atoms with Crippen molar-refractivity contribution in [1.29, 1.82) is 0 Å². The second kappa shape index (κ2) is 8.01. The Labute approximate surface area is 149 Å². The van der Waals surface area contributed by atoms with E-state index >= 15 is 0 Å². The van der Waals surface area contributed by atoms with Crippen LogP contribution in [0.4, 0.5) is 5.69 Å². The minimum absolute atomic E-state index is 0.401. The average Bonchev–Trinajstić information content (AvgIpc) is 3.43. The lowest BCUT2D eigenvalue weighted by Gasteiger charge is -2.10. The molecule has 1 saturated carbocycles. The summed E-state index contributed by atoms with van der Waals surface area (Å²) in [5.41, 5.74) is 9.27. The van der Waals surface area contributed by atoms with Crippen molar-refractivity contribution < 1.29 is 4.74 Å². The summed E-state index contributed by atoms with van der Waals surface area (Å²) in [6.07, 6.45) is 4.29. The molecule has 5 heteroatoms. The molecule has 1 aromatic heterocycles. The van der Waals surface area contributed by atoms with Crippen LogP contribution in [0.15, 0.2) is 47.6 Å². The second-order valence-electron chi connectivity index (χ2n) is 6.86. The van der Waals surface area contributed by atoms with Crippen molar-refractivity contribution in [3.63, 3.8) is 0 Å². The van der Waals surface area contributed by atoms with E-state index in [9.17, 15) is 0 Å². The van der Waals surface area contributed by atoms with E-state index in [4.69, 9.17) is 10.5 Å². The molecule has 1 aromatic carbocycles. The van der Waals surface area contributed by atoms with Crippen LogP contribution >= 0.6 is 0 Å². The van der Waals surface area contributed by atoms with E-state index in [0.29, 0.717) is 30.2 Å². The summed E-state index contributed by atoms with van der Waals surface area (Å²) in [7, 11) is 0. The highest BCUT2D eigenvalue weighted by molar-refractivity contribution is 5.92. The Kier molecular flexibility index (Phi) is 5.53. The van der Waals surface area contributed by atoms with E-state index in [1.54, 1.807) is 6.20 Å². The normalized spacial score (nSPS) is 14.6. The van der Waals surface area contributed by atoms with Gasteiger partial charge in [0.2, 0.25) is 5.88 Å². The van der Waals surface area contributed by atoms with Crippen molar-refractivity contribution in [2.24, 2.45) is 16.6 Å². The number of benzene rings is 1. The Bertz CT molecular complexity index is 738. The van der Waals surface area contributed by atoms with Crippen LogP contribution in [0.25, 0.3) is 0 Å². The zero-order valence-corrected chi connectivity index (χ0v) is 14.9. The molecule has 1 aliphatic carbocycles. The third-order valence-electron chi connectivity index (χ3n) is 4.22. The fourth-order valence-electron chi connectivity index (χ4n) is 2.45. The van der Waals surface area contributed by atoms with Crippen LogP contribution in [-0.2, 0) is 6.54 Å². The van der Waals surface area contributed by atoms with Crippen LogP contribution in [0.5, 0.6) is 5.88 Å². The van der Waals surface area contributed by atoms with Gasteiger partial charge in [0.15, 0.2) is 5.96 Å². The van der Waals surface area contributed by atoms with Gasteiger partial charge in [0.25, 0.3) is 0 Å². The first-order chi connectivity index (χ1) is 12.1. The number of nitrogens with two attached hydrogens (primary N) is 1. The zero-order chi connectivity index (χ0) is 17.6. The van der Waals surface area contributed by atoms with Gasteiger partial charge >= 0.3 is 0 Å². The lowest BCUT2D eigenvalue weighted by atomic mass is 10.0. The van der Waals surface area contributed by atoms with E-state index in [1.807, 2.05) is 24.3 Å². The monoisotopic (exact) mass is 338 g/mol. The zero-order valence-electron chi connectivity index (χ0n) is 14.9. The van der Waals surface area contributed by atoms with Gasteiger partial charge in [-0.05, 0) is 54.0 Å². The lowest BCUT2D eigenvalue weighted by Crippen LogP contribution is -2.22. The summed E-state index contributed by atoms with van der Waals surface area (Å²) in [4.78, 5) is 8.66. The summed E-state index contributed by atoms with van der Waals surface area (Å²) >= 11 is 0. The number of anilines is 1. The number of hydrogen-bond acceptors (Lipinski definition) is 3. The van der Waals surface area contributed by atoms with Crippen molar-refractivity contribution in [3.8, 4) is 5.88 Å². The SMILES string of the molecule is CC(C)c1cccc(NC(N)=NCc2ccnc(OCC3CC3)c2)c1. The van der Waals surface area contributed by atoms with Crippen LogP contribution in [0.2, 0.25) is 0 Å². The maximum atomic E-state index is 6.02. The van der Waals surface area contributed by atoms with Gasteiger partial charge in [-0.1, -0.05) is 26.0 Å². The summed E-state index contributed by atoms with van der Waals surface area (Å²) in [5, 5.41) is 3.15. The van der Waals surface area contributed by atoms with Gasteiger partial charge in [0, 0.05) is 18.0 Å². The van der Waals surface area contributed by atoms with E-state index < -0.39 is 0 Å². The molecule has 0 aliphatic heterocycles. The van der Waals surface area contributed by atoms with E-state index in [2.05, 4.69) is 41.3 Å². The maximum absolute atomic E-state index is 6.02. The quantitative estimate of drug-likeness (QED) is 0.593. The fourth-order valence-corrected chi connectivity index (χ4v) is 2.45. The Morgan fingerprint density at radius 3 is 2.92 bits per heavy atom. The number of ether oxygens (including phenoxy) is 1. The van der Waals surface area contributed by atoms with Gasteiger partial charge in [0.1, 0.15) is 0 Å². The smallest absolute Gasteiger partial charge is 0.213 e. The van der Waals surface area contributed by atoms with E-state index in [0.717, 1.165) is 17.9 Å². The molecule has 25 heavy (non-hydrogen) atoms. The first-order valence-electron chi connectivity index (χ1n) is 8.85. The molecule has 0 unspecified atom stereocenters. The van der Waals surface area contributed by atoms with Gasteiger partial charge in [-0.2, -0.15) is 0 Å². The van der Waals surface area contributed by atoms with Crippen molar-refractivity contribution in [2.75, 3.05) is 11.9 Å². The Hall–Kier alpha value is -2.56. The Balaban J connectivity index is 1.57. The number of hydrogen-bond donors (Lipinski definition) is 2. The van der Waals surface area contributed by atoms with Crippen LogP contribution < -0.4 is 15.8 Å². The highest BCUT2D eigenvalue weighted by atomic mass is 16.5. The molecule has 3 rings (SSSR count). The van der Waals surface area contributed by atoms with E-state index in [-0.39, 0.29) is 0 Å². The predicted octanol–water partition coefficient (Wildman–Crippen LogP) is 3.92. The molecular formula is C20H26N4O. The van der Waals surface area contributed by atoms with Crippen LogP contribution in [-0.4, -0.2) is 17.6 Å². The highest BCUT2D eigenvalue weighted by Crippen LogP contribution is 2.29. The van der Waals surface area contributed by atoms with Gasteiger partial charge in [-0.25, -0.2) is 9.98 Å². The minimum atomic E-state index is 0.401. The number of rotatable bonds is 7. The fraction of sp³-hybridized carbons (Fsp3) is 0.400. The van der Waals surface area contributed by atoms with Crippen LogP contribution in [0.3, 0.4) is 0 Å². The predicted molar refractivity (Wildman–Crippen MR) is 102 cm³/mol. The van der Waals surface area contributed by atoms with Gasteiger partial charge in [-0.3, -0.25) is 0 Å². The third-order valence-corrected chi connectivity index (χ3v) is 4.22. The number of aliphatic imine (C=N–C) groups is 1. The minimum Gasteiger partial charge on any atom is -0.477 e. The molecule has 0 radical (unpaired) electrons. The first kappa shape index (κ1) is 17.3. The van der Waals surface area contributed by atoms with Crippen LogP contribution in [0.1, 0.15) is 43.7 Å². The number of nitrogens with zero attached hydrogens (tertiary/aromatic N) is 2. The van der Waals surface area contributed by atoms with Crippen molar-refractivity contribution >= 4 is 11.6 Å². The van der Waals surface area contributed by atoms with Crippen molar-refractivity contribution in [1.82, 2.24) is 4.98 Å². The molecule has 0 bridgehead atoms. The molecule has 132 valence electrons. The molecule has 1 heterocycles. The topological polar surface area (TPSA) is 72.5 Å². The largest absolute Gasteiger partial charge is 0.477 e. The first-order valence-corrected chi connectivity index (χ1v) is 8.85. The van der Waals surface area contributed by atoms with E-state index in [1.165, 1.54) is 18.4 Å². The molecular weight excluding hydrogens is 312 g/mol. The summed E-state index contributed by atoms with van der Waals surface area (Å²) < 4.78 is 5.70. The van der Waals surface area contributed by atoms with Crippen LogP contribution in [0, 0.1) is 5.92 Å². The molecule has 3 N–H and O–H groups in total.